The molecular formula is C26H22FN3O2S. The fourth-order valence-corrected chi connectivity index (χ4v) is 5.71. The molecule has 0 amide bonds. The highest BCUT2D eigenvalue weighted by Crippen LogP contribution is 2.53. The molecule has 1 atom stereocenters. The monoisotopic (exact) mass is 459 g/mol. The lowest BCUT2D eigenvalue weighted by Gasteiger charge is -2.37. The highest BCUT2D eigenvalue weighted by Gasteiger charge is 2.47. The summed E-state index contributed by atoms with van der Waals surface area (Å²) in [6, 6.07) is 19.1. The summed E-state index contributed by atoms with van der Waals surface area (Å²) in [5.74, 6) is -1.16. The Labute approximate surface area is 194 Å². The Balaban J connectivity index is 1.28. The van der Waals surface area contributed by atoms with Gasteiger partial charge >= 0.3 is 5.97 Å². The summed E-state index contributed by atoms with van der Waals surface area (Å²) in [5.41, 5.74) is 4.31. The molecule has 33 heavy (non-hydrogen) atoms. The molecule has 4 aromatic rings. The molecule has 2 fully saturated rings. The molecule has 0 radical (unpaired) electrons. The standard InChI is InChI=1S/C26H22FN3O2S/c27-19-14-16(15-30-13-10-21(30)25(31)32)6-7-18(19)23-28-20-8-9-22(29-24(20)33-23)26(11-12-26)17-4-2-1-3-5-17/h1-9,14,21H,10-13,15H2,(H,31,32). The molecule has 1 aliphatic heterocycles. The third-order valence-corrected chi connectivity index (χ3v) is 7.89. The van der Waals surface area contributed by atoms with Crippen LogP contribution in [-0.4, -0.2) is 38.5 Å². The van der Waals surface area contributed by atoms with Gasteiger partial charge in [0.05, 0.1) is 5.69 Å². The maximum atomic E-state index is 15.0. The molecule has 1 unspecified atom stereocenters. The highest BCUT2D eigenvalue weighted by molar-refractivity contribution is 7.21. The van der Waals surface area contributed by atoms with Gasteiger partial charge < -0.3 is 5.11 Å². The van der Waals surface area contributed by atoms with E-state index in [1.54, 1.807) is 6.07 Å². The van der Waals surface area contributed by atoms with Crippen LogP contribution in [0, 0.1) is 5.82 Å². The summed E-state index contributed by atoms with van der Waals surface area (Å²) < 4.78 is 15.0. The van der Waals surface area contributed by atoms with Gasteiger partial charge in [-0.25, -0.2) is 14.4 Å². The first-order valence-electron chi connectivity index (χ1n) is 11.1. The van der Waals surface area contributed by atoms with Crippen LogP contribution in [0.4, 0.5) is 4.39 Å². The molecule has 2 aromatic carbocycles. The van der Waals surface area contributed by atoms with Crippen molar-refractivity contribution >= 4 is 27.7 Å². The lowest BCUT2D eigenvalue weighted by atomic mass is 9.92. The zero-order valence-electron chi connectivity index (χ0n) is 17.9. The van der Waals surface area contributed by atoms with Crippen molar-refractivity contribution < 1.29 is 14.3 Å². The van der Waals surface area contributed by atoms with Gasteiger partial charge in [-0.15, -0.1) is 0 Å². The number of pyridine rings is 1. The van der Waals surface area contributed by atoms with Crippen molar-refractivity contribution in [1.29, 1.82) is 0 Å². The van der Waals surface area contributed by atoms with E-state index in [2.05, 4.69) is 35.3 Å². The van der Waals surface area contributed by atoms with Crippen molar-refractivity contribution in [3.05, 3.63) is 83.3 Å². The molecular weight excluding hydrogens is 437 g/mol. The number of carbonyl (C=O) groups is 1. The van der Waals surface area contributed by atoms with E-state index in [0.717, 1.165) is 41.0 Å². The van der Waals surface area contributed by atoms with Crippen molar-refractivity contribution in [2.45, 2.75) is 37.3 Å². The number of nitrogens with zero attached hydrogens (tertiary/aromatic N) is 3. The molecule has 7 heteroatoms. The van der Waals surface area contributed by atoms with E-state index in [0.29, 0.717) is 23.5 Å². The minimum Gasteiger partial charge on any atom is -0.480 e. The summed E-state index contributed by atoms with van der Waals surface area (Å²) in [7, 11) is 0. The van der Waals surface area contributed by atoms with Gasteiger partial charge in [-0.3, -0.25) is 9.69 Å². The molecule has 0 bridgehead atoms. The van der Waals surface area contributed by atoms with Gasteiger partial charge in [-0.05, 0) is 54.7 Å². The van der Waals surface area contributed by atoms with Gasteiger partial charge in [0.1, 0.15) is 27.2 Å². The fraction of sp³-hybridized carbons (Fsp3) is 0.269. The van der Waals surface area contributed by atoms with E-state index in [1.807, 2.05) is 23.1 Å². The third kappa shape index (κ3) is 3.52. The number of benzene rings is 2. The predicted octanol–water partition coefficient (Wildman–Crippen LogP) is 5.24. The van der Waals surface area contributed by atoms with Gasteiger partial charge in [0.15, 0.2) is 0 Å². The average molecular weight is 460 g/mol. The number of aromatic nitrogens is 2. The number of hydrogen-bond donors (Lipinski definition) is 1. The SMILES string of the molecule is O=C(O)C1CCN1Cc1ccc(-c2nc3ccc(C4(c5ccccc5)CC4)nc3s2)c(F)c1. The largest absolute Gasteiger partial charge is 0.480 e. The number of thiazole rings is 1. The normalized spacial score (nSPS) is 19.4. The first-order valence-corrected chi connectivity index (χ1v) is 11.9. The van der Waals surface area contributed by atoms with Crippen LogP contribution in [0.2, 0.25) is 0 Å². The van der Waals surface area contributed by atoms with Crippen LogP contribution in [0.5, 0.6) is 0 Å². The topological polar surface area (TPSA) is 66.3 Å². The second-order valence-corrected chi connectivity index (χ2v) is 9.89. The number of carboxylic acid groups (broad SMARTS) is 1. The van der Waals surface area contributed by atoms with Crippen LogP contribution in [0.15, 0.2) is 60.7 Å². The maximum Gasteiger partial charge on any atom is 0.320 e. The Morgan fingerprint density at radius 2 is 1.94 bits per heavy atom. The molecule has 5 nitrogen and oxygen atoms in total. The minimum absolute atomic E-state index is 0.0167. The van der Waals surface area contributed by atoms with Gasteiger partial charge in [0, 0.05) is 24.1 Å². The Morgan fingerprint density at radius 1 is 1.12 bits per heavy atom. The number of carboxylic acids is 1. The second kappa shape index (κ2) is 7.71. The molecule has 1 saturated carbocycles. The summed E-state index contributed by atoms with van der Waals surface area (Å²) in [4.78, 5) is 23.5. The number of fused-ring (bicyclic) bond motifs is 1. The van der Waals surface area contributed by atoms with Crippen LogP contribution < -0.4 is 0 Å². The zero-order valence-corrected chi connectivity index (χ0v) is 18.7. The van der Waals surface area contributed by atoms with Crippen LogP contribution in [0.3, 0.4) is 0 Å². The van der Waals surface area contributed by atoms with Gasteiger partial charge in [-0.1, -0.05) is 47.7 Å². The average Bonchev–Trinajstić information content (AvgIpc) is 3.50. The minimum atomic E-state index is -0.820. The van der Waals surface area contributed by atoms with Gasteiger partial charge in [0.2, 0.25) is 0 Å². The molecule has 1 saturated heterocycles. The van der Waals surface area contributed by atoms with E-state index in [-0.39, 0.29) is 11.2 Å². The third-order valence-electron chi connectivity index (χ3n) is 6.89. The van der Waals surface area contributed by atoms with Crippen LogP contribution >= 0.6 is 11.3 Å². The summed E-state index contributed by atoms with van der Waals surface area (Å²) in [6.45, 7) is 1.15. The van der Waals surface area contributed by atoms with E-state index in [9.17, 15) is 9.90 Å². The van der Waals surface area contributed by atoms with E-state index >= 15 is 4.39 Å². The molecule has 3 heterocycles. The van der Waals surface area contributed by atoms with E-state index in [1.165, 1.54) is 23.0 Å². The summed E-state index contributed by atoms with van der Waals surface area (Å²) in [6.07, 6.45) is 2.80. The van der Waals surface area contributed by atoms with Crippen molar-refractivity contribution in [3.8, 4) is 10.6 Å². The van der Waals surface area contributed by atoms with Crippen molar-refractivity contribution in [1.82, 2.24) is 14.9 Å². The first kappa shape index (κ1) is 20.4. The van der Waals surface area contributed by atoms with Crippen molar-refractivity contribution in [2.75, 3.05) is 6.54 Å². The maximum absolute atomic E-state index is 15.0. The Hall–Kier alpha value is -3.16. The Morgan fingerprint density at radius 3 is 2.61 bits per heavy atom. The smallest absolute Gasteiger partial charge is 0.320 e. The zero-order chi connectivity index (χ0) is 22.6. The molecule has 6 rings (SSSR count). The van der Waals surface area contributed by atoms with Crippen molar-refractivity contribution in [2.24, 2.45) is 0 Å². The van der Waals surface area contributed by atoms with Crippen molar-refractivity contribution in [3.63, 3.8) is 0 Å². The predicted molar refractivity (Wildman–Crippen MR) is 126 cm³/mol. The molecule has 2 aliphatic rings. The second-order valence-electron chi connectivity index (χ2n) is 8.92. The molecule has 0 spiro atoms. The lowest BCUT2D eigenvalue weighted by Crippen LogP contribution is -2.51. The number of halogens is 1. The number of likely N-dealkylation sites (tertiary alicyclic amines) is 1. The fourth-order valence-electron chi connectivity index (χ4n) is 4.75. The van der Waals surface area contributed by atoms with Crippen LogP contribution in [0.1, 0.15) is 36.1 Å². The number of aliphatic carboxylic acids is 1. The Kier molecular flexibility index (Phi) is 4.78. The van der Waals surface area contributed by atoms with Crippen LogP contribution in [-0.2, 0) is 16.8 Å². The summed E-state index contributed by atoms with van der Waals surface area (Å²) >= 11 is 1.41. The molecule has 1 N–H and O–H groups in total. The van der Waals surface area contributed by atoms with Gasteiger partial charge in [0.25, 0.3) is 0 Å². The summed E-state index contributed by atoms with van der Waals surface area (Å²) in [5, 5.41) is 9.82. The van der Waals surface area contributed by atoms with Gasteiger partial charge in [-0.2, -0.15) is 0 Å². The number of hydrogen-bond acceptors (Lipinski definition) is 5. The Bertz CT molecular complexity index is 1370. The molecule has 2 aromatic heterocycles. The molecule has 1 aliphatic carbocycles. The molecule has 166 valence electrons. The van der Waals surface area contributed by atoms with E-state index < -0.39 is 12.0 Å². The quantitative estimate of drug-likeness (QED) is 0.427. The van der Waals surface area contributed by atoms with E-state index in [4.69, 9.17) is 4.98 Å². The first-order chi connectivity index (χ1) is 16.0. The van der Waals surface area contributed by atoms with Crippen LogP contribution in [0.25, 0.3) is 20.9 Å². The highest BCUT2D eigenvalue weighted by atomic mass is 32.1. The number of rotatable bonds is 6. The lowest BCUT2D eigenvalue weighted by molar-refractivity contribution is -0.148.